The number of carbonyl (C=O) groups is 2. The van der Waals surface area contributed by atoms with Gasteiger partial charge >= 0.3 is 12.2 Å². The fourth-order valence-electron chi connectivity index (χ4n) is 1.84. The van der Waals surface area contributed by atoms with Crippen LogP contribution in [0.4, 0.5) is 9.59 Å². The summed E-state index contributed by atoms with van der Waals surface area (Å²) in [6, 6.07) is 8.44. The van der Waals surface area contributed by atoms with Crippen molar-refractivity contribution >= 4 is 23.8 Å². The summed E-state index contributed by atoms with van der Waals surface area (Å²) >= 11 is 5.83. The molecule has 2 unspecified atom stereocenters. The number of para-hydroxylation sites is 1. The number of benzene rings is 1. The molecule has 1 amide bonds. The maximum Gasteiger partial charge on any atom is 0.514 e. The van der Waals surface area contributed by atoms with Gasteiger partial charge in [0, 0.05) is 5.41 Å². The summed E-state index contributed by atoms with van der Waals surface area (Å²) < 4.78 is 15.2. The maximum atomic E-state index is 11.8. The summed E-state index contributed by atoms with van der Waals surface area (Å²) in [4.78, 5) is 22.9. The molecule has 6 nitrogen and oxygen atoms in total. The number of alkyl halides is 1. The lowest BCUT2D eigenvalue weighted by Gasteiger charge is -2.34. The van der Waals surface area contributed by atoms with Crippen molar-refractivity contribution in [2.45, 2.75) is 33.0 Å². The molecule has 2 atom stereocenters. The van der Waals surface area contributed by atoms with Crippen LogP contribution in [0.2, 0.25) is 0 Å². The second-order valence-electron chi connectivity index (χ2n) is 5.70. The lowest BCUT2D eigenvalue weighted by atomic mass is 9.86. The van der Waals surface area contributed by atoms with Gasteiger partial charge in [0.25, 0.3) is 0 Å². The molecule has 22 heavy (non-hydrogen) atoms. The molecule has 1 rings (SSSR count). The van der Waals surface area contributed by atoms with Gasteiger partial charge in [-0.2, -0.15) is 0 Å². The van der Waals surface area contributed by atoms with E-state index in [2.05, 4.69) is 0 Å². The molecule has 1 aromatic rings. The summed E-state index contributed by atoms with van der Waals surface area (Å²) in [6.45, 7) is 5.43. The van der Waals surface area contributed by atoms with Gasteiger partial charge in [0.15, 0.2) is 6.10 Å². The minimum atomic E-state index is -0.963. The molecule has 0 fully saturated rings. The van der Waals surface area contributed by atoms with Gasteiger partial charge in [-0.05, 0) is 12.1 Å². The third-order valence-corrected chi connectivity index (χ3v) is 3.08. The zero-order chi connectivity index (χ0) is 16.8. The molecule has 7 heteroatoms. The monoisotopic (exact) mass is 329 g/mol. The van der Waals surface area contributed by atoms with E-state index in [9.17, 15) is 9.59 Å². The molecule has 0 heterocycles. The Balaban J connectivity index is 2.76. The van der Waals surface area contributed by atoms with E-state index in [1.165, 1.54) is 0 Å². The molecule has 0 saturated heterocycles. The zero-order valence-corrected chi connectivity index (χ0v) is 13.5. The summed E-state index contributed by atoms with van der Waals surface area (Å²) in [5.74, 6) is 0.267. The van der Waals surface area contributed by atoms with E-state index in [1.54, 1.807) is 30.3 Å². The fourth-order valence-corrected chi connectivity index (χ4v) is 2.07. The second kappa shape index (κ2) is 7.89. The Morgan fingerprint density at radius 1 is 1.18 bits per heavy atom. The van der Waals surface area contributed by atoms with Crippen molar-refractivity contribution in [1.29, 1.82) is 0 Å². The summed E-state index contributed by atoms with van der Waals surface area (Å²) in [5, 5.41) is 0. The van der Waals surface area contributed by atoms with Gasteiger partial charge in [-0.25, -0.2) is 9.59 Å². The van der Waals surface area contributed by atoms with Crippen molar-refractivity contribution in [3.05, 3.63) is 30.3 Å². The smallest absolute Gasteiger partial charge is 0.442 e. The van der Waals surface area contributed by atoms with Crippen molar-refractivity contribution in [2.24, 2.45) is 11.1 Å². The number of primary amides is 1. The first kappa shape index (κ1) is 18.1. The number of nitrogens with two attached hydrogens (primary N) is 1. The first-order valence-electron chi connectivity index (χ1n) is 6.69. The maximum absolute atomic E-state index is 11.8. The molecule has 1 aromatic carbocycles. The van der Waals surface area contributed by atoms with Crippen LogP contribution in [0.25, 0.3) is 0 Å². The van der Waals surface area contributed by atoms with E-state index < -0.39 is 29.9 Å². The summed E-state index contributed by atoms with van der Waals surface area (Å²) in [7, 11) is 0. The van der Waals surface area contributed by atoms with Crippen molar-refractivity contribution < 1.29 is 23.8 Å². The van der Waals surface area contributed by atoms with E-state index >= 15 is 0 Å². The summed E-state index contributed by atoms with van der Waals surface area (Å²) in [5.41, 5.74) is 4.53. The van der Waals surface area contributed by atoms with Crippen LogP contribution >= 0.6 is 11.6 Å². The predicted molar refractivity (Wildman–Crippen MR) is 82.0 cm³/mol. The minimum Gasteiger partial charge on any atom is -0.442 e. The number of halogens is 1. The van der Waals surface area contributed by atoms with Crippen molar-refractivity contribution in [3.8, 4) is 5.75 Å². The molecule has 0 bridgehead atoms. The molecule has 0 aliphatic rings. The van der Waals surface area contributed by atoms with Gasteiger partial charge in [-0.15, -0.1) is 11.6 Å². The topological polar surface area (TPSA) is 87.9 Å². The van der Waals surface area contributed by atoms with Crippen LogP contribution in [0.3, 0.4) is 0 Å². The number of hydrogen-bond donors (Lipinski definition) is 1. The lowest BCUT2D eigenvalue weighted by Crippen LogP contribution is -2.46. The fraction of sp³-hybridized carbons (Fsp3) is 0.467. The SMILES string of the molecule is CC(C)(C)C(OC(N)=O)C(CCl)OC(=O)Oc1ccccc1. The van der Waals surface area contributed by atoms with Gasteiger partial charge < -0.3 is 19.9 Å². The Morgan fingerprint density at radius 3 is 2.23 bits per heavy atom. The van der Waals surface area contributed by atoms with Crippen molar-refractivity contribution in [3.63, 3.8) is 0 Å². The van der Waals surface area contributed by atoms with Gasteiger partial charge in [0.2, 0.25) is 0 Å². The molecule has 0 saturated carbocycles. The predicted octanol–water partition coefficient (Wildman–Crippen LogP) is 3.32. The average Bonchev–Trinajstić information content (AvgIpc) is 2.42. The highest BCUT2D eigenvalue weighted by atomic mass is 35.5. The Hall–Kier alpha value is -1.95. The highest BCUT2D eigenvalue weighted by molar-refractivity contribution is 6.18. The third-order valence-electron chi connectivity index (χ3n) is 2.78. The van der Waals surface area contributed by atoms with Crippen LogP contribution in [0.5, 0.6) is 5.75 Å². The van der Waals surface area contributed by atoms with Crippen molar-refractivity contribution in [1.82, 2.24) is 0 Å². The average molecular weight is 330 g/mol. The number of hydrogen-bond acceptors (Lipinski definition) is 5. The first-order chi connectivity index (χ1) is 10.2. The van der Waals surface area contributed by atoms with E-state index in [1.807, 2.05) is 20.8 Å². The normalized spacial score (nSPS) is 13.8. The quantitative estimate of drug-likeness (QED) is 0.508. The van der Waals surface area contributed by atoms with Gasteiger partial charge in [0.05, 0.1) is 5.88 Å². The van der Waals surface area contributed by atoms with Crippen LogP contribution in [0.1, 0.15) is 20.8 Å². The van der Waals surface area contributed by atoms with Crippen LogP contribution in [0, 0.1) is 5.41 Å². The Kier molecular flexibility index (Phi) is 6.49. The Bertz CT molecular complexity index is 500. The van der Waals surface area contributed by atoms with Gasteiger partial charge in [0.1, 0.15) is 11.9 Å². The van der Waals surface area contributed by atoms with E-state index in [4.69, 9.17) is 31.5 Å². The molecule has 0 spiro atoms. The number of carbonyl (C=O) groups excluding carboxylic acids is 2. The van der Waals surface area contributed by atoms with Crippen LogP contribution in [-0.4, -0.2) is 30.3 Å². The Morgan fingerprint density at radius 2 is 1.77 bits per heavy atom. The molecule has 0 aliphatic heterocycles. The molecule has 2 N–H and O–H groups in total. The van der Waals surface area contributed by atoms with Gasteiger partial charge in [-0.3, -0.25) is 0 Å². The number of amides is 1. The largest absolute Gasteiger partial charge is 0.514 e. The van der Waals surface area contributed by atoms with E-state index in [0.717, 1.165) is 0 Å². The molecule has 0 radical (unpaired) electrons. The highest BCUT2D eigenvalue weighted by Crippen LogP contribution is 2.27. The summed E-state index contributed by atoms with van der Waals surface area (Å²) in [6.07, 6.45) is -3.58. The van der Waals surface area contributed by atoms with E-state index in [-0.39, 0.29) is 5.88 Å². The van der Waals surface area contributed by atoms with E-state index in [0.29, 0.717) is 5.75 Å². The minimum absolute atomic E-state index is 0.0703. The molecular weight excluding hydrogens is 310 g/mol. The Labute approximate surface area is 134 Å². The second-order valence-corrected chi connectivity index (χ2v) is 6.01. The molecule has 0 aliphatic carbocycles. The molecule has 0 aromatic heterocycles. The first-order valence-corrected chi connectivity index (χ1v) is 7.23. The molecular formula is C15H20ClNO5. The lowest BCUT2D eigenvalue weighted by molar-refractivity contribution is -0.0566. The zero-order valence-electron chi connectivity index (χ0n) is 12.7. The van der Waals surface area contributed by atoms with Gasteiger partial charge in [-0.1, -0.05) is 39.0 Å². The van der Waals surface area contributed by atoms with Crippen molar-refractivity contribution in [2.75, 3.05) is 5.88 Å². The number of ether oxygens (including phenoxy) is 3. The van der Waals surface area contributed by atoms with Crippen LogP contribution < -0.4 is 10.5 Å². The third kappa shape index (κ3) is 5.81. The highest BCUT2D eigenvalue weighted by Gasteiger charge is 2.38. The van der Waals surface area contributed by atoms with Crippen LogP contribution in [-0.2, 0) is 9.47 Å². The standard InChI is InChI=1S/C15H20ClNO5/c1-15(2,3)12(22-13(17)18)11(9-16)21-14(19)20-10-7-5-4-6-8-10/h4-8,11-12H,9H2,1-3H3,(H2,17,18). The number of rotatable bonds is 5. The van der Waals surface area contributed by atoms with Crippen LogP contribution in [0.15, 0.2) is 30.3 Å². The molecule has 122 valence electrons.